The van der Waals surface area contributed by atoms with Crippen LogP contribution >= 0.6 is 23.1 Å². The lowest BCUT2D eigenvalue weighted by Gasteiger charge is -2.42. The largest absolute Gasteiger partial charge is 0.352 e. The Labute approximate surface area is 192 Å². The monoisotopic (exact) mass is 449 g/mol. The highest BCUT2D eigenvalue weighted by molar-refractivity contribution is 7.99. The fraction of sp³-hybridized carbons (Fsp3) is 0.320. The Kier molecular flexibility index (Phi) is 6.03. The van der Waals surface area contributed by atoms with Gasteiger partial charge in [0, 0.05) is 52.5 Å². The number of benzene rings is 2. The third kappa shape index (κ3) is 4.25. The molecule has 0 radical (unpaired) electrons. The van der Waals surface area contributed by atoms with E-state index in [0.29, 0.717) is 12.6 Å². The summed E-state index contributed by atoms with van der Waals surface area (Å²) < 4.78 is 0. The van der Waals surface area contributed by atoms with Crippen LogP contribution in [0.2, 0.25) is 0 Å². The third-order valence-electron chi connectivity index (χ3n) is 6.05. The number of nitrogens with one attached hydrogen (secondary N) is 1. The lowest BCUT2D eigenvalue weighted by molar-refractivity contribution is 0.0955. The first-order valence-corrected chi connectivity index (χ1v) is 12.7. The molecule has 2 aromatic carbocycles. The van der Waals surface area contributed by atoms with Gasteiger partial charge in [0.05, 0.1) is 11.4 Å². The zero-order valence-corrected chi connectivity index (χ0v) is 19.3. The minimum atomic E-state index is -0.00167. The maximum absolute atomic E-state index is 12.4. The molecule has 2 aliphatic rings. The number of nitrogens with zero attached hydrogens (tertiary/aromatic N) is 2. The van der Waals surface area contributed by atoms with Gasteiger partial charge in [0.15, 0.2) is 0 Å². The number of rotatable bonds is 5. The quantitative estimate of drug-likeness (QED) is 0.537. The van der Waals surface area contributed by atoms with Crippen molar-refractivity contribution in [3.05, 3.63) is 70.4 Å². The molecule has 0 aliphatic carbocycles. The van der Waals surface area contributed by atoms with Gasteiger partial charge < -0.3 is 10.2 Å². The van der Waals surface area contributed by atoms with E-state index in [4.69, 9.17) is 0 Å². The molecule has 3 aromatic rings. The maximum Gasteiger partial charge on any atom is 0.251 e. The molecule has 160 valence electrons. The normalized spacial score (nSPS) is 16.6. The van der Waals surface area contributed by atoms with Crippen molar-refractivity contribution in [1.29, 1.82) is 0 Å². The Morgan fingerprint density at radius 1 is 1.03 bits per heavy atom. The minimum Gasteiger partial charge on any atom is -0.352 e. The van der Waals surface area contributed by atoms with Crippen LogP contribution in [0.15, 0.2) is 69.8 Å². The van der Waals surface area contributed by atoms with Crippen LogP contribution in [0.5, 0.6) is 0 Å². The van der Waals surface area contributed by atoms with E-state index in [9.17, 15) is 4.79 Å². The molecule has 0 spiro atoms. The van der Waals surface area contributed by atoms with Crippen LogP contribution in [-0.2, 0) is 6.54 Å². The standard InChI is InChI=1S/C25H27N3OS2/c1-2-26-25(29)18-9-10-22-24(16-18)31-23-8-4-3-7-21(23)28(22)19-11-13-27(14-12-19)17-20-6-5-15-30-20/h3-10,15-16,19H,2,11-14,17H2,1H3,(H,26,29). The lowest BCUT2D eigenvalue weighted by atomic mass is 10.0. The molecular formula is C25H27N3OS2. The molecular weight excluding hydrogens is 422 g/mol. The lowest BCUT2D eigenvalue weighted by Crippen LogP contribution is -2.43. The second-order valence-electron chi connectivity index (χ2n) is 8.07. The number of piperidine rings is 1. The van der Waals surface area contributed by atoms with Gasteiger partial charge in [0.25, 0.3) is 5.91 Å². The first-order valence-electron chi connectivity index (χ1n) is 11.0. The van der Waals surface area contributed by atoms with Crippen LogP contribution in [0.1, 0.15) is 35.0 Å². The van der Waals surface area contributed by atoms with Crippen LogP contribution < -0.4 is 10.2 Å². The number of fused-ring (bicyclic) bond motifs is 2. The summed E-state index contributed by atoms with van der Waals surface area (Å²) in [6.45, 7) is 5.88. The van der Waals surface area contributed by atoms with Gasteiger partial charge in [0.2, 0.25) is 0 Å². The Hall–Kier alpha value is -2.28. The van der Waals surface area contributed by atoms with Crippen LogP contribution in [0.3, 0.4) is 0 Å². The molecule has 4 nitrogen and oxygen atoms in total. The third-order valence-corrected chi connectivity index (χ3v) is 8.02. The van der Waals surface area contributed by atoms with Crippen molar-refractivity contribution < 1.29 is 4.79 Å². The summed E-state index contributed by atoms with van der Waals surface area (Å²) in [6, 6.07) is 19.7. The van der Waals surface area contributed by atoms with Crippen molar-refractivity contribution in [3.8, 4) is 0 Å². The second-order valence-corrected chi connectivity index (χ2v) is 10.2. The van der Waals surface area contributed by atoms with Gasteiger partial charge in [-0.3, -0.25) is 9.69 Å². The number of likely N-dealkylation sites (tertiary alicyclic amines) is 1. The van der Waals surface area contributed by atoms with E-state index in [1.807, 2.05) is 24.3 Å². The van der Waals surface area contributed by atoms with Crippen molar-refractivity contribution >= 4 is 40.4 Å². The molecule has 1 aromatic heterocycles. The maximum atomic E-state index is 12.4. The molecule has 0 saturated carbocycles. The molecule has 31 heavy (non-hydrogen) atoms. The van der Waals surface area contributed by atoms with E-state index in [2.05, 4.69) is 69.0 Å². The molecule has 1 amide bonds. The Morgan fingerprint density at radius 3 is 2.61 bits per heavy atom. The van der Waals surface area contributed by atoms with Crippen LogP contribution in [0.25, 0.3) is 0 Å². The van der Waals surface area contributed by atoms with Crippen LogP contribution in [-0.4, -0.2) is 36.5 Å². The van der Waals surface area contributed by atoms with E-state index >= 15 is 0 Å². The molecule has 0 unspecified atom stereocenters. The second kappa shape index (κ2) is 9.07. The Balaban J connectivity index is 1.40. The summed E-state index contributed by atoms with van der Waals surface area (Å²) in [6.07, 6.45) is 2.28. The molecule has 1 fully saturated rings. The van der Waals surface area contributed by atoms with Crippen molar-refractivity contribution in [3.63, 3.8) is 0 Å². The van der Waals surface area contributed by atoms with E-state index in [0.717, 1.165) is 38.0 Å². The van der Waals surface area contributed by atoms with Crippen molar-refractivity contribution in [2.75, 3.05) is 24.5 Å². The highest BCUT2D eigenvalue weighted by Gasteiger charge is 2.32. The van der Waals surface area contributed by atoms with E-state index in [1.54, 1.807) is 11.8 Å². The molecule has 6 heteroatoms. The van der Waals surface area contributed by atoms with Gasteiger partial charge in [-0.25, -0.2) is 0 Å². The number of para-hydroxylation sites is 1. The molecule has 2 aliphatic heterocycles. The SMILES string of the molecule is CCNC(=O)c1ccc2c(c1)Sc1ccccc1N2C1CCN(Cc2cccs2)CC1. The van der Waals surface area contributed by atoms with E-state index < -0.39 is 0 Å². The fourth-order valence-electron chi connectivity index (χ4n) is 4.54. The first kappa shape index (κ1) is 20.6. The predicted octanol–water partition coefficient (Wildman–Crippen LogP) is 5.77. The van der Waals surface area contributed by atoms with Gasteiger partial charge in [-0.2, -0.15) is 0 Å². The summed E-state index contributed by atoms with van der Waals surface area (Å²) in [7, 11) is 0. The minimum absolute atomic E-state index is 0.00167. The summed E-state index contributed by atoms with van der Waals surface area (Å²) >= 11 is 3.62. The van der Waals surface area contributed by atoms with Crippen molar-refractivity contribution in [2.24, 2.45) is 0 Å². The van der Waals surface area contributed by atoms with Crippen LogP contribution in [0.4, 0.5) is 11.4 Å². The fourth-order valence-corrected chi connectivity index (χ4v) is 6.40. The number of thiophene rings is 1. The molecule has 0 atom stereocenters. The average molecular weight is 450 g/mol. The predicted molar refractivity (Wildman–Crippen MR) is 130 cm³/mol. The smallest absolute Gasteiger partial charge is 0.251 e. The molecule has 3 heterocycles. The Bertz CT molecular complexity index is 1060. The van der Waals surface area contributed by atoms with E-state index in [-0.39, 0.29) is 5.91 Å². The summed E-state index contributed by atoms with van der Waals surface area (Å²) in [5.74, 6) is -0.00167. The topological polar surface area (TPSA) is 35.6 Å². The highest BCUT2D eigenvalue weighted by atomic mass is 32.2. The van der Waals surface area contributed by atoms with Crippen LogP contribution in [0, 0.1) is 0 Å². The number of carbonyl (C=O) groups is 1. The zero-order valence-electron chi connectivity index (χ0n) is 17.7. The van der Waals surface area contributed by atoms with Gasteiger partial charge in [-0.15, -0.1) is 11.3 Å². The number of hydrogen-bond donors (Lipinski definition) is 1. The van der Waals surface area contributed by atoms with Gasteiger partial charge in [0.1, 0.15) is 0 Å². The summed E-state index contributed by atoms with van der Waals surface area (Å²) in [5, 5.41) is 5.08. The molecule has 5 rings (SSSR count). The summed E-state index contributed by atoms with van der Waals surface area (Å²) in [4.78, 5) is 21.4. The number of anilines is 2. The average Bonchev–Trinajstić information content (AvgIpc) is 3.31. The molecule has 0 bridgehead atoms. The molecule has 1 saturated heterocycles. The summed E-state index contributed by atoms with van der Waals surface area (Å²) in [5.41, 5.74) is 3.26. The van der Waals surface area contributed by atoms with Gasteiger partial charge in [-0.1, -0.05) is 30.0 Å². The number of carbonyl (C=O) groups excluding carboxylic acids is 1. The molecule has 1 N–H and O–H groups in total. The van der Waals surface area contributed by atoms with Gasteiger partial charge >= 0.3 is 0 Å². The number of amides is 1. The first-order chi connectivity index (χ1) is 15.2. The van der Waals surface area contributed by atoms with Crippen molar-refractivity contribution in [1.82, 2.24) is 10.2 Å². The van der Waals surface area contributed by atoms with Gasteiger partial charge in [-0.05, 0) is 61.5 Å². The van der Waals surface area contributed by atoms with Crippen molar-refractivity contribution in [2.45, 2.75) is 42.1 Å². The highest BCUT2D eigenvalue weighted by Crippen LogP contribution is 2.50. The number of hydrogen-bond acceptors (Lipinski definition) is 5. The zero-order chi connectivity index (χ0) is 21.2. The Morgan fingerprint density at radius 2 is 1.84 bits per heavy atom. The van der Waals surface area contributed by atoms with E-state index in [1.165, 1.54) is 26.0 Å².